The Kier molecular flexibility index (Phi) is 2.09. The van der Waals surface area contributed by atoms with E-state index in [0.29, 0.717) is 5.92 Å². The SMILES string of the molecule is CCCn1nc(C2CC2)cc1Cl. The fourth-order valence-corrected chi connectivity index (χ4v) is 1.59. The molecule has 0 N–H and O–H groups in total. The fourth-order valence-electron chi connectivity index (χ4n) is 1.36. The molecule has 0 radical (unpaired) electrons. The number of halogens is 1. The van der Waals surface area contributed by atoms with Gasteiger partial charge in [-0.2, -0.15) is 5.10 Å². The summed E-state index contributed by atoms with van der Waals surface area (Å²) in [6.07, 6.45) is 3.67. The van der Waals surface area contributed by atoms with Gasteiger partial charge in [-0.05, 0) is 25.3 Å². The average Bonchev–Trinajstić information content (AvgIpc) is 2.80. The van der Waals surface area contributed by atoms with E-state index in [4.69, 9.17) is 11.6 Å². The van der Waals surface area contributed by atoms with E-state index in [9.17, 15) is 0 Å². The highest BCUT2D eigenvalue weighted by molar-refractivity contribution is 6.29. The molecular weight excluding hydrogens is 172 g/mol. The van der Waals surface area contributed by atoms with Crippen molar-refractivity contribution in [3.8, 4) is 0 Å². The van der Waals surface area contributed by atoms with Crippen LogP contribution in [0.25, 0.3) is 0 Å². The summed E-state index contributed by atoms with van der Waals surface area (Å²) in [5, 5.41) is 5.24. The largest absolute Gasteiger partial charge is 0.254 e. The van der Waals surface area contributed by atoms with Gasteiger partial charge in [0.25, 0.3) is 0 Å². The van der Waals surface area contributed by atoms with Gasteiger partial charge in [0.05, 0.1) is 5.69 Å². The molecule has 66 valence electrons. The van der Waals surface area contributed by atoms with Crippen molar-refractivity contribution < 1.29 is 0 Å². The van der Waals surface area contributed by atoms with E-state index >= 15 is 0 Å². The van der Waals surface area contributed by atoms with Crippen LogP contribution in [0.4, 0.5) is 0 Å². The molecule has 3 heteroatoms. The quantitative estimate of drug-likeness (QED) is 0.707. The van der Waals surface area contributed by atoms with Gasteiger partial charge in [0.1, 0.15) is 5.15 Å². The van der Waals surface area contributed by atoms with Crippen LogP contribution in [-0.2, 0) is 6.54 Å². The van der Waals surface area contributed by atoms with E-state index in [1.165, 1.54) is 18.5 Å². The predicted molar refractivity (Wildman–Crippen MR) is 49.5 cm³/mol. The molecule has 2 rings (SSSR count). The van der Waals surface area contributed by atoms with Crippen molar-refractivity contribution in [1.29, 1.82) is 0 Å². The first-order chi connectivity index (χ1) is 5.81. The van der Waals surface area contributed by atoms with Gasteiger partial charge in [-0.25, -0.2) is 0 Å². The smallest absolute Gasteiger partial charge is 0.127 e. The van der Waals surface area contributed by atoms with E-state index in [2.05, 4.69) is 12.0 Å². The number of hydrogen-bond acceptors (Lipinski definition) is 1. The minimum Gasteiger partial charge on any atom is -0.254 e. The molecule has 0 amide bonds. The zero-order valence-corrected chi connectivity index (χ0v) is 8.01. The first-order valence-electron chi connectivity index (χ1n) is 4.54. The molecule has 1 fully saturated rings. The fraction of sp³-hybridized carbons (Fsp3) is 0.667. The summed E-state index contributed by atoms with van der Waals surface area (Å²) in [5.74, 6) is 0.709. The monoisotopic (exact) mass is 184 g/mol. The zero-order valence-electron chi connectivity index (χ0n) is 7.26. The van der Waals surface area contributed by atoms with Gasteiger partial charge < -0.3 is 0 Å². The van der Waals surface area contributed by atoms with E-state index in [0.717, 1.165) is 18.1 Å². The van der Waals surface area contributed by atoms with Crippen molar-refractivity contribution in [3.63, 3.8) is 0 Å². The molecule has 0 spiro atoms. The Morgan fingerprint density at radius 2 is 2.42 bits per heavy atom. The van der Waals surface area contributed by atoms with Crippen LogP contribution >= 0.6 is 11.6 Å². The van der Waals surface area contributed by atoms with Crippen LogP contribution in [-0.4, -0.2) is 9.78 Å². The molecule has 0 atom stereocenters. The molecule has 2 nitrogen and oxygen atoms in total. The first-order valence-corrected chi connectivity index (χ1v) is 4.92. The second-order valence-electron chi connectivity index (χ2n) is 3.39. The lowest BCUT2D eigenvalue weighted by molar-refractivity contribution is 0.595. The van der Waals surface area contributed by atoms with Crippen LogP contribution in [0.5, 0.6) is 0 Å². The summed E-state index contributed by atoms with van der Waals surface area (Å²) in [5.41, 5.74) is 1.19. The van der Waals surface area contributed by atoms with Crippen LogP contribution in [0.2, 0.25) is 5.15 Å². The normalized spacial score (nSPS) is 16.8. The third kappa shape index (κ3) is 1.48. The Morgan fingerprint density at radius 1 is 1.67 bits per heavy atom. The molecule has 0 saturated heterocycles. The summed E-state index contributed by atoms with van der Waals surface area (Å²) >= 11 is 6.00. The van der Waals surface area contributed by atoms with E-state index in [-0.39, 0.29) is 0 Å². The van der Waals surface area contributed by atoms with Gasteiger partial charge in [0.2, 0.25) is 0 Å². The van der Waals surface area contributed by atoms with Gasteiger partial charge in [-0.3, -0.25) is 4.68 Å². The summed E-state index contributed by atoms with van der Waals surface area (Å²) < 4.78 is 1.90. The molecule has 0 unspecified atom stereocenters. The van der Waals surface area contributed by atoms with Crippen LogP contribution in [0.1, 0.15) is 37.8 Å². The van der Waals surface area contributed by atoms with Crippen molar-refractivity contribution in [2.45, 2.75) is 38.6 Å². The number of nitrogens with zero attached hydrogens (tertiary/aromatic N) is 2. The Hall–Kier alpha value is -0.500. The van der Waals surface area contributed by atoms with Crippen molar-refractivity contribution in [2.24, 2.45) is 0 Å². The topological polar surface area (TPSA) is 17.8 Å². The zero-order chi connectivity index (χ0) is 8.55. The Bertz CT molecular complexity index is 276. The van der Waals surface area contributed by atoms with Crippen LogP contribution in [0.3, 0.4) is 0 Å². The molecule has 0 bridgehead atoms. The van der Waals surface area contributed by atoms with E-state index in [1.54, 1.807) is 0 Å². The lowest BCUT2D eigenvalue weighted by Gasteiger charge is -1.97. The standard InChI is InChI=1S/C9H13ClN2/c1-2-5-12-9(10)6-8(11-12)7-3-4-7/h6-7H,2-5H2,1H3. The Balaban J connectivity index is 2.18. The van der Waals surface area contributed by atoms with Crippen LogP contribution in [0.15, 0.2) is 6.07 Å². The average molecular weight is 185 g/mol. The van der Waals surface area contributed by atoms with Gasteiger partial charge >= 0.3 is 0 Å². The van der Waals surface area contributed by atoms with Crippen LogP contribution < -0.4 is 0 Å². The second-order valence-corrected chi connectivity index (χ2v) is 3.78. The van der Waals surface area contributed by atoms with Crippen molar-refractivity contribution in [2.75, 3.05) is 0 Å². The third-order valence-electron chi connectivity index (χ3n) is 2.18. The summed E-state index contributed by atoms with van der Waals surface area (Å²) in [4.78, 5) is 0. The molecular formula is C9H13ClN2. The number of hydrogen-bond donors (Lipinski definition) is 0. The van der Waals surface area contributed by atoms with E-state index < -0.39 is 0 Å². The van der Waals surface area contributed by atoms with Gasteiger partial charge in [-0.15, -0.1) is 0 Å². The van der Waals surface area contributed by atoms with Crippen LogP contribution in [0, 0.1) is 0 Å². The van der Waals surface area contributed by atoms with Gasteiger partial charge in [0.15, 0.2) is 0 Å². The maximum Gasteiger partial charge on any atom is 0.127 e. The van der Waals surface area contributed by atoms with Gasteiger partial charge in [0, 0.05) is 12.5 Å². The number of rotatable bonds is 3. The highest BCUT2D eigenvalue weighted by Crippen LogP contribution is 2.39. The lowest BCUT2D eigenvalue weighted by atomic mass is 10.3. The lowest BCUT2D eigenvalue weighted by Crippen LogP contribution is -1.99. The minimum atomic E-state index is 0.709. The summed E-state index contributed by atoms with van der Waals surface area (Å²) in [6, 6.07) is 2.01. The maximum absolute atomic E-state index is 6.00. The Morgan fingerprint density at radius 3 is 3.00 bits per heavy atom. The molecule has 0 aromatic carbocycles. The first kappa shape index (κ1) is 8.11. The maximum atomic E-state index is 6.00. The van der Waals surface area contributed by atoms with Crippen molar-refractivity contribution in [1.82, 2.24) is 9.78 Å². The summed E-state index contributed by atoms with van der Waals surface area (Å²) in [6.45, 7) is 3.07. The number of aromatic nitrogens is 2. The van der Waals surface area contributed by atoms with E-state index in [1.807, 2.05) is 10.7 Å². The van der Waals surface area contributed by atoms with Gasteiger partial charge in [-0.1, -0.05) is 18.5 Å². The molecule has 1 heterocycles. The molecule has 1 aliphatic rings. The van der Waals surface area contributed by atoms with Crippen molar-refractivity contribution in [3.05, 3.63) is 16.9 Å². The predicted octanol–water partition coefficient (Wildman–Crippen LogP) is 2.82. The second kappa shape index (κ2) is 3.09. The summed E-state index contributed by atoms with van der Waals surface area (Å²) in [7, 11) is 0. The molecule has 1 saturated carbocycles. The number of aryl methyl sites for hydroxylation is 1. The van der Waals surface area contributed by atoms with Crippen molar-refractivity contribution >= 4 is 11.6 Å². The molecule has 1 aromatic rings. The highest BCUT2D eigenvalue weighted by Gasteiger charge is 2.26. The molecule has 1 aliphatic carbocycles. The minimum absolute atomic E-state index is 0.709. The highest BCUT2D eigenvalue weighted by atomic mass is 35.5. The molecule has 0 aliphatic heterocycles. The molecule has 1 aromatic heterocycles. The Labute approximate surface area is 77.5 Å². The molecule has 12 heavy (non-hydrogen) atoms. The third-order valence-corrected chi connectivity index (χ3v) is 2.49.